The summed E-state index contributed by atoms with van der Waals surface area (Å²) in [6.07, 6.45) is 5.49. The number of likely N-dealkylation sites (N-methyl/N-ethyl adjacent to an activating group) is 1. The first-order valence-corrected chi connectivity index (χ1v) is 8.70. The Balaban J connectivity index is 1.58. The average molecular weight is 333 g/mol. The molecule has 0 radical (unpaired) electrons. The van der Waals surface area contributed by atoms with Crippen LogP contribution in [-0.2, 0) is 16.0 Å². The molecule has 24 heavy (non-hydrogen) atoms. The third kappa shape index (κ3) is 3.84. The summed E-state index contributed by atoms with van der Waals surface area (Å²) in [6, 6.07) is 0. The third-order valence-electron chi connectivity index (χ3n) is 4.73. The van der Waals surface area contributed by atoms with E-state index in [1.165, 1.54) is 0 Å². The molecular weight excluding hydrogens is 306 g/mol. The van der Waals surface area contributed by atoms with Crippen LogP contribution in [0.3, 0.4) is 0 Å². The third-order valence-corrected chi connectivity index (χ3v) is 4.73. The van der Waals surface area contributed by atoms with Crippen LogP contribution in [-0.4, -0.2) is 73.3 Å². The van der Waals surface area contributed by atoms with Crippen molar-refractivity contribution < 1.29 is 9.53 Å². The van der Waals surface area contributed by atoms with Crippen molar-refractivity contribution >= 4 is 11.9 Å². The average Bonchev–Trinajstić information content (AvgIpc) is 2.88. The molecular formula is C17H27N5O2. The van der Waals surface area contributed by atoms with Gasteiger partial charge in [-0.1, -0.05) is 6.92 Å². The molecule has 2 aliphatic heterocycles. The van der Waals surface area contributed by atoms with E-state index in [9.17, 15) is 4.79 Å². The normalized spacial score (nSPS) is 26.0. The van der Waals surface area contributed by atoms with E-state index in [0.717, 1.165) is 37.4 Å². The standard InChI is InChI=1S/C17H27N5O2/c1-4-12-8-19-17(20-9-12)22-10-13-7-14(15(11-22)24-13)16(23)18-5-6-21(2)3/h8-9,13-15H,4-7,10-11H2,1-3H3,(H,18,23)/t13-,14-,15-/m1/s1. The van der Waals surface area contributed by atoms with Crippen molar-refractivity contribution in [1.29, 1.82) is 0 Å². The number of amides is 1. The molecule has 1 aromatic heterocycles. The van der Waals surface area contributed by atoms with Gasteiger partial charge in [0, 0.05) is 38.6 Å². The maximum Gasteiger partial charge on any atom is 0.225 e. The number of aromatic nitrogens is 2. The Labute approximate surface area is 143 Å². The van der Waals surface area contributed by atoms with Gasteiger partial charge >= 0.3 is 0 Å². The molecule has 2 bridgehead atoms. The molecule has 2 aliphatic rings. The maximum atomic E-state index is 12.4. The van der Waals surface area contributed by atoms with Crippen LogP contribution < -0.4 is 10.2 Å². The highest BCUT2D eigenvalue weighted by atomic mass is 16.5. The van der Waals surface area contributed by atoms with Crippen LogP contribution in [0.5, 0.6) is 0 Å². The largest absolute Gasteiger partial charge is 0.370 e. The Hall–Kier alpha value is -1.73. The zero-order valence-electron chi connectivity index (χ0n) is 14.7. The number of hydrogen-bond donors (Lipinski definition) is 1. The number of carbonyl (C=O) groups is 1. The van der Waals surface area contributed by atoms with Gasteiger partial charge in [-0.15, -0.1) is 0 Å². The van der Waals surface area contributed by atoms with Gasteiger partial charge in [-0.05, 0) is 32.5 Å². The van der Waals surface area contributed by atoms with Gasteiger partial charge in [-0.3, -0.25) is 4.79 Å². The molecule has 7 nitrogen and oxygen atoms in total. The van der Waals surface area contributed by atoms with Gasteiger partial charge in [0.25, 0.3) is 0 Å². The van der Waals surface area contributed by atoms with Gasteiger partial charge in [-0.25, -0.2) is 9.97 Å². The number of ether oxygens (including phenoxy) is 1. The van der Waals surface area contributed by atoms with Crippen LogP contribution >= 0.6 is 0 Å². The van der Waals surface area contributed by atoms with Crippen molar-refractivity contribution in [2.24, 2.45) is 5.92 Å². The lowest BCUT2D eigenvalue weighted by molar-refractivity contribution is -0.126. The quantitative estimate of drug-likeness (QED) is 0.808. The predicted octanol–water partition coefficient (Wildman–Crippen LogP) is 0.311. The smallest absolute Gasteiger partial charge is 0.225 e. The summed E-state index contributed by atoms with van der Waals surface area (Å²) in [7, 11) is 4.00. The van der Waals surface area contributed by atoms with E-state index in [0.29, 0.717) is 13.1 Å². The summed E-state index contributed by atoms with van der Waals surface area (Å²) in [4.78, 5) is 25.6. The number of hydrogen-bond acceptors (Lipinski definition) is 6. The van der Waals surface area contributed by atoms with Crippen LogP contribution in [0.1, 0.15) is 18.9 Å². The first-order chi connectivity index (χ1) is 11.6. The number of rotatable bonds is 6. The molecule has 0 aromatic carbocycles. The SMILES string of the molecule is CCc1cnc(N2C[C@H]3C[C@@H](C(=O)NCCN(C)C)[C@@H](C2)O3)nc1. The Bertz CT molecular complexity index is 563. The maximum absolute atomic E-state index is 12.4. The molecule has 7 heteroatoms. The molecule has 0 spiro atoms. The monoisotopic (exact) mass is 333 g/mol. The zero-order valence-corrected chi connectivity index (χ0v) is 14.7. The van der Waals surface area contributed by atoms with E-state index in [-0.39, 0.29) is 24.0 Å². The fourth-order valence-corrected chi connectivity index (χ4v) is 3.32. The molecule has 0 saturated carbocycles. The number of aryl methyl sites for hydroxylation is 1. The molecule has 1 N–H and O–H groups in total. The van der Waals surface area contributed by atoms with Crippen molar-refractivity contribution in [3.63, 3.8) is 0 Å². The van der Waals surface area contributed by atoms with Crippen molar-refractivity contribution in [1.82, 2.24) is 20.2 Å². The van der Waals surface area contributed by atoms with Crippen LogP contribution in [0.25, 0.3) is 0 Å². The Morgan fingerprint density at radius 2 is 2.12 bits per heavy atom. The van der Waals surface area contributed by atoms with Gasteiger partial charge in [0.2, 0.25) is 11.9 Å². The van der Waals surface area contributed by atoms with E-state index in [4.69, 9.17) is 4.74 Å². The number of nitrogens with one attached hydrogen (secondary N) is 1. The Morgan fingerprint density at radius 1 is 1.38 bits per heavy atom. The molecule has 2 fully saturated rings. The van der Waals surface area contributed by atoms with Crippen molar-refractivity contribution in [2.45, 2.75) is 32.0 Å². The van der Waals surface area contributed by atoms with Crippen LogP contribution in [0.15, 0.2) is 12.4 Å². The second-order valence-electron chi connectivity index (χ2n) is 6.88. The second-order valence-corrected chi connectivity index (χ2v) is 6.88. The predicted molar refractivity (Wildman–Crippen MR) is 92.0 cm³/mol. The minimum Gasteiger partial charge on any atom is -0.370 e. The highest BCUT2D eigenvalue weighted by Crippen LogP contribution is 2.33. The fourth-order valence-electron chi connectivity index (χ4n) is 3.32. The number of carbonyl (C=O) groups excluding carboxylic acids is 1. The van der Waals surface area contributed by atoms with E-state index < -0.39 is 0 Å². The molecule has 132 valence electrons. The summed E-state index contributed by atoms with van der Waals surface area (Å²) in [5.41, 5.74) is 1.13. The van der Waals surface area contributed by atoms with E-state index in [2.05, 4.69) is 32.0 Å². The van der Waals surface area contributed by atoms with Crippen molar-refractivity contribution in [2.75, 3.05) is 45.2 Å². The number of morpholine rings is 1. The summed E-state index contributed by atoms with van der Waals surface area (Å²) < 4.78 is 5.99. The summed E-state index contributed by atoms with van der Waals surface area (Å²) >= 11 is 0. The van der Waals surface area contributed by atoms with Crippen LogP contribution in [0, 0.1) is 5.92 Å². The Kier molecular flexibility index (Phi) is 5.30. The van der Waals surface area contributed by atoms with Crippen LogP contribution in [0.2, 0.25) is 0 Å². The minimum absolute atomic E-state index is 0.0717. The van der Waals surface area contributed by atoms with Gasteiger partial charge < -0.3 is 19.9 Å². The highest BCUT2D eigenvalue weighted by molar-refractivity contribution is 5.79. The van der Waals surface area contributed by atoms with Gasteiger partial charge in [0.15, 0.2) is 0 Å². The highest BCUT2D eigenvalue weighted by Gasteiger charge is 2.45. The molecule has 1 aromatic rings. The second kappa shape index (κ2) is 7.44. The lowest BCUT2D eigenvalue weighted by atomic mass is 9.99. The summed E-state index contributed by atoms with van der Waals surface area (Å²) in [5.74, 6) is 0.768. The Morgan fingerprint density at radius 3 is 2.79 bits per heavy atom. The number of anilines is 1. The molecule has 2 saturated heterocycles. The van der Waals surface area contributed by atoms with Gasteiger partial charge in [-0.2, -0.15) is 0 Å². The molecule has 3 rings (SSSR count). The first-order valence-electron chi connectivity index (χ1n) is 8.70. The fraction of sp³-hybridized carbons (Fsp3) is 0.706. The lowest BCUT2D eigenvalue weighted by Gasteiger charge is -2.32. The van der Waals surface area contributed by atoms with Gasteiger partial charge in [0.05, 0.1) is 18.1 Å². The van der Waals surface area contributed by atoms with Gasteiger partial charge in [0.1, 0.15) is 0 Å². The van der Waals surface area contributed by atoms with E-state index >= 15 is 0 Å². The van der Waals surface area contributed by atoms with E-state index in [1.54, 1.807) is 0 Å². The summed E-state index contributed by atoms with van der Waals surface area (Å²) in [6.45, 7) is 5.03. The molecule has 0 aliphatic carbocycles. The minimum atomic E-state index is -0.0722. The lowest BCUT2D eigenvalue weighted by Crippen LogP contribution is -2.46. The first kappa shape index (κ1) is 17.1. The molecule has 3 atom stereocenters. The molecule has 1 amide bonds. The van der Waals surface area contributed by atoms with Crippen molar-refractivity contribution in [3.8, 4) is 0 Å². The molecule has 0 unspecified atom stereocenters. The summed E-state index contributed by atoms with van der Waals surface area (Å²) in [5, 5.41) is 3.03. The number of fused-ring (bicyclic) bond motifs is 2. The number of nitrogens with zero attached hydrogens (tertiary/aromatic N) is 4. The van der Waals surface area contributed by atoms with E-state index in [1.807, 2.05) is 26.5 Å². The molecule has 3 heterocycles. The van der Waals surface area contributed by atoms with Crippen LogP contribution in [0.4, 0.5) is 5.95 Å². The van der Waals surface area contributed by atoms with Crippen molar-refractivity contribution in [3.05, 3.63) is 18.0 Å². The topological polar surface area (TPSA) is 70.6 Å². The zero-order chi connectivity index (χ0) is 17.1.